The van der Waals surface area contributed by atoms with E-state index >= 15 is 0 Å². The second-order valence-corrected chi connectivity index (χ2v) is 10.4. The Hall–Kier alpha value is -1.11. The summed E-state index contributed by atoms with van der Waals surface area (Å²) in [4.78, 5) is 0. The molecule has 1 aromatic heterocycles. The topological polar surface area (TPSA) is 45.5 Å². The van der Waals surface area contributed by atoms with Crippen molar-refractivity contribution in [2.45, 2.75) is 56.0 Å². The molecule has 2 bridgehead atoms. The average Bonchev–Trinajstić information content (AvgIpc) is 3.09. The molecule has 5 aliphatic rings. The third-order valence-electron chi connectivity index (χ3n) is 8.25. The third kappa shape index (κ3) is 2.33. The monoisotopic (exact) mass is 446 g/mol. The summed E-state index contributed by atoms with van der Waals surface area (Å²) in [6.07, 6.45) is 7.64. The fraction of sp³-hybridized carbons (Fsp3) is 0.609. The van der Waals surface area contributed by atoms with Gasteiger partial charge in [0.05, 0.1) is 47.4 Å². The van der Waals surface area contributed by atoms with E-state index in [1.165, 1.54) is 18.4 Å². The zero-order chi connectivity index (χ0) is 20.1. The molecule has 1 aromatic carbocycles. The average molecular weight is 447 g/mol. The van der Waals surface area contributed by atoms with Crippen LogP contribution in [0.1, 0.15) is 49.3 Å². The van der Waals surface area contributed by atoms with Crippen LogP contribution in [0.2, 0.25) is 10.0 Å². The predicted octanol–water partition coefficient (Wildman–Crippen LogP) is 5.11. The predicted molar refractivity (Wildman–Crippen MR) is 112 cm³/mol. The van der Waals surface area contributed by atoms with E-state index in [0.717, 1.165) is 43.9 Å². The van der Waals surface area contributed by atoms with Gasteiger partial charge in [-0.15, -0.1) is 0 Å². The number of ether oxygens (including phenoxy) is 3. The van der Waals surface area contributed by atoms with Crippen LogP contribution in [0.15, 0.2) is 24.4 Å². The molecule has 0 amide bonds. The smallest absolute Gasteiger partial charge is 0.174 e. The van der Waals surface area contributed by atoms with Crippen LogP contribution in [-0.4, -0.2) is 34.4 Å². The maximum absolute atomic E-state index is 6.74. The van der Waals surface area contributed by atoms with E-state index in [0.29, 0.717) is 40.3 Å². The molecule has 5 fully saturated rings. The van der Waals surface area contributed by atoms with Crippen LogP contribution in [0.4, 0.5) is 0 Å². The quantitative estimate of drug-likeness (QED) is 0.639. The van der Waals surface area contributed by atoms with E-state index < -0.39 is 0 Å². The van der Waals surface area contributed by atoms with Crippen molar-refractivity contribution in [3.63, 3.8) is 0 Å². The summed E-state index contributed by atoms with van der Waals surface area (Å²) in [5.74, 6) is 1.78. The Kier molecular flexibility index (Phi) is 3.83. The minimum Gasteiger partial charge on any atom is -0.368 e. The first-order valence-electron chi connectivity index (χ1n) is 11.0. The maximum atomic E-state index is 6.74. The molecule has 30 heavy (non-hydrogen) atoms. The van der Waals surface area contributed by atoms with Crippen molar-refractivity contribution in [1.82, 2.24) is 9.78 Å². The van der Waals surface area contributed by atoms with Gasteiger partial charge in [-0.2, -0.15) is 5.10 Å². The summed E-state index contributed by atoms with van der Waals surface area (Å²) >= 11 is 13.0. The number of halogens is 2. The lowest BCUT2D eigenvalue weighted by Crippen LogP contribution is -2.64. The molecule has 7 heteroatoms. The van der Waals surface area contributed by atoms with Gasteiger partial charge in [0, 0.05) is 11.8 Å². The first-order chi connectivity index (χ1) is 14.6. The van der Waals surface area contributed by atoms with Crippen LogP contribution in [0.3, 0.4) is 0 Å². The Morgan fingerprint density at radius 3 is 2.53 bits per heavy atom. The summed E-state index contributed by atoms with van der Waals surface area (Å²) < 4.78 is 20.9. The van der Waals surface area contributed by atoms with Gasteiger partial charge < -0.3 is 14.2 Å². The lowest BCUT2D eigenvalue weighted by atomic mass is 9.57. The van der Waals surface area contributed by atoms with Gasteiger partial charge in [-0.25, -0.2) is 4.68 Å². The summed E-state index contributed by atoms with van der Waals surface area (Å²) in [5, 5.41) is 5.89. The summed E-state index contributed by atoms with van der Waals surface area (Å²) in [5.41, 5.74) is 3.09. The molecule has 0 radical (unpaired) electrons. The molecular formula is C23H24Cl2N2O3. The van der Waals surface area contributed by atoms with Gasteiger partial charge in [0.2, 0.25) is 0 Å². The SMILES string of the molecule is Clc1cccc(Cl)c1-n1ncc(C2CC2)c1CO[C@]12C[C@H]3CC1[C@@H](C2)C31OCCO1. The van der Waals surface area contributed by atoms with E-state index in [4.69, 9.17) is 37.4 Å². The van der Waals surface area contributed by atoms with Gasteiger partial charge in [-0.3, -0.25) is 0 Å². The van der Waals surface area contributed by atoms with Crippen molar-refractivity contribution in [3.05, 3.63) is 45.7 Å². The van der Waals surface area contributed by atoms with Crippen molar-refractivity contribution >= 4 is 23.2 Å². The van der Waals surface area contributed by atoms with Crippen molar-refractivity contribution in [3.8, 4) is 5.69 Å². The van der Waals surface area contributed by atoms with Crippen molar-refractivity contribution < 1.29 is 14.2 Å². The highest BCUT2D eigenvalue weighted by Gasteiger charge is 2.77. The highest BCUT2D eigenvalue weighted by Crippen LogP contribution is 2.73. The molecule has 4 atom stereocenters. The number of hydrogen-bond acceptors (Lipinski definition) is 4. The van der Waals surface area contributed by atoms with Crippen LogP contribution in [0.5, 0.6) is 0 Å². The van der Waals surface area contributed by atoms with E-state index in [2.05, 4.69) is 5.10 Å². The summed E-state index contributed by atoms with van der Waals surface area (Å²) in [7, 11) is 0. The van der Waals surface area contributed by atoms with Crippen molar-refractivity contribution in [2.75, 3.05) is 13.2 Å². The van der Waals surface area contributed by atoms with E-state index in [-0.39, 0.29) is 11.4 Å². The lowest BCUT2D eigenvalue weighted by molar-refractivity contribution is -0.310. The first kappa shape index (κ1) is 18.5. The molecule has 5 nitrogen and oxygen atoms in total. The highest BCUT2D eigenvalue weighted by molar-refractivity contribution is 6.37. The molecule has 1 saturated heterocycles. The fourth-order valence-electron chi connectivity index (χ4n) is 6.81. The van der Waals surface area contributed by atoms with Gasteiger partial charge in [0.15, 0.2) is 5.79 Å². The molecule has 4 aliphatic carbocycles. The van der Waals surface area contributed by atoms with Crippen LogP contribution < -0.4 is 0 Å². The minimum absolute atomic E-state index is 0.0317. The van der Waals surface area contributed by atoms with Gasteiger partial charge in [0.1, 0.15) is 5.69 Å². The number of nitrogens with zero attached hydrogens (tertiary/aromatic N) is 2. The Bertz CT molecular complexity index is 1010. The number of para-hydroxylation sites is 1. The van der Waals surface area contributed by atoms with Gasteiger partial charge in [-0.05, 0) is 61.6 Å². The van der Waals surface area contributed by atoms with Gasteiger partial charge >= 0.3 is 0 Å². The second kappa shape index (κ2) is 6.23. The molecule has 7 rings (SSSR count). The van der Waals surface area contributed by atoms with Crippen LogP contribution in [0.25, 0.3) is 5.69 Å². The normalized spacial score (nSPS) is 35.3. The Balaban J connectivity index is 1.18. The van der Waals surface area contributed by atoms with Crippen molar-refractivity contribution in [1.29, 1.82) is 0 Å². The first-order valence-corrected chi connectivity index (χ1v) is 11.8. The van der Waals surface area contributed by atoms with E-state index in [9.17, 15) is 0 Å². The Morgan fingerprint density at radius 2 is 1.87 bits per heavy atom. The number of rotatable bonds is 5. The fourth-order valence-corrected chi connectivity index (χ4v) is 7.36. The number of fused-ring (bicyclic) bond motifs is 3. The van der Waals surface area contributed by atoms with E-state index in [1.54, 1.807) is 0 Å². The molecular weight excluding hydrogens is 423 g/mol. The Morgan fingerprint density at radius 1 is 1.10 bits per heavy atom. The molecule has 158 valence electrons. The van der Waals surface area contributed by atoms with E-state index in [1.807, 2.05) is 29.1 Å². The number of benzene rings is 1. The molecule has 2 aromatic rings. The molecule has 0 N–H and O–H groups in total. The highest BCUT2D eigenvalue weighted by atomic mass is 35.5. The van der Waals surface area contributed by atoms with Crippen LogP contribution in [-0.2, 0) is 20.8 Å². The molecule has 1 unspecified atom stereocenters. The minimum atomic E-state index is -0.304. The molecule has 1 spiro atoms. The summed E-state index contributed by atoms with van der Waals surface area (Å²) in [6.45, 7) is 2.00. The maximum Gasteiger partial charge on any atom is 0.174 e. The van der Waals surface area contributed by atoms with Crippen LogP contribution in [0, 0.1) is 17.8 Å². The van der Waals surface area contributed by atoms with Crippen molar-refractivity contribution in [2.24, 2.45) is 17.8 Å². The lowest BCUT2D eigenvalue weighted by Gasteiger charge is -2.58. The Labute approximate surface area is 185 Å². The zero-order valence-corrected chi connectivity index (χ0v) is 18.2. The molecule has 4 saturated carbocycles. The zero-order valence-electron chi connectivity index (χ0n) is 16.7. The second-order valence-electron chi connectivity index (χ2n) is 9.63. The summed E-state index contributed by atoms with van der Waals surface area (Å²) in [6, 6.07) is 5.58. The van der Waals surface area contributed by atoms with Gasteiger partial charge in [0.25, 0.3) is 0 Å². The molecule has 2 heterocycles. The van der Waals surface area contributed by atoms with Crippen LogP contribution >= 0.6 is 23.2 Å². The number of aromatic nitrogens is 2. The third-order valence-corrected chi connectivity index (χ3v) is 8.86. The standard InChI is InChI=1S/C23H24Cl2N2O3/c24-18-2-1-3-19(25)21(18)27-20(15(11-26-27)13-4-5-13)12-30-22-9-14-8-16(22)17(10-22)23(14)28-6-7-29-23/h1-3,11,13-14,16-17H,4-10,12H2/t14-,16?,17-,22+/m1/s1. The number of hydrogen-bond donors (Lipinski definition) is 0. The molecule has 1 aliphatic heterocycles. The largest absolute Gasteiger partial charge is 0.368 e. The van der Waals surface area contributed by atoms with Gasteiger partial charge in [-0.1, -0.05) is 29.3 Å².